The Morgan fingerprint density at radius 1 is 1.41 bits per heavy atom. The zero-order valence-electron chi connectivity index (χ0n) is 9.28. The predicted octanol–water partition coefficient (Wildman–Crippen LogP) is 4.52. The first-order chi connectivity index (χ1) is 8.16. The molecular weight excluding hydrogens is 364 g/mol. The number of thiazole rings is 1. The first-order valence-electron chi connectivity index (χ1n) is 5.22. The number of nitrogens with one attached hydrogen (secondary N) is 1. The summed E-state index contributed by atoms with van der Waals surface area (Å²) < 4.78 is 2.20. The lowest BCUT2D eigenvalue weighted by Gasteiger charge is -2.15. The number of aromatic nitrogens is 1. The van der Waals surface area contributed by atoms with Crippen LogP contribution in [0.4, 0.5) is 0 Å². The number of benzene rings is 1. The van der Waals surface area contributed by atoms with E-state index in [2.05, 4.69) is 72.7 Å². The highest BCUT2D eigenvalue weighted by Gasteiger charge is 2.09. The van der Waals surface area contributed by atoms with E-state index in [1.54, 1.807) is 11.3 Å². The van der Waals surface area contributed by atoms with Crippen LogP contribution < -0.4 is 5.32 Å². The summed E-state index contributed by atoms with van der Waals surface area (Å²) >= 11 is 8.67. The third kappa shape index (κ3) is 3.61. The summed E-state index contributed by atoms with van der Waals surface area (Å²) in [5, 5.41) is 5.53. The highest BCUT2D eigenvalue weighted by molar-refractivity contribution is 9.11. The maximum Gasteiger partial charge on any atom is 0.0795 e. The van der Waals surface area contributed by atoms with Crippen molar-refractivity contribution in [2.75, 3.05) is 0 Å². The average molecular weight is 376 g/mol. The van der Waals surface area contributed by atoms with Crippen LogP contribution in [0.15, 0.2) is 38.0 Å². The van der Waals surface area contributed by atoms with Crippen molar-refractivity contribution in [3.63, 3.8) is 0 Å². The second-order valence-electron chi connectivity index (χ2n) is 3.75. The summed E-state index contributed by atoms with van der Waals surface area (Å²) in [4.78, 5) is 4.26. The van der Waals surface area contributed by atoms with Crippen LogP contribution in [0, 0.1) is 0 Å². The molecule has 2 rings (SSSR count). The van der Waals surface area contributed by atoms with Crippen molar-refractivity contribution in [3.8, 4) is 0 Å². The zero-order valence-corrected chi connectivity index (χ0v) is 13.3. The summed E-state index contributed by atoms with van der Waals surface area (Å²) in [6.07, 6.45) is 0. The van der Waals surface area contributed by atoms with Crippen LogP contribution >= 0.6 is 43.2 Å². The minimum Gasteiger partial charge on any atom is -0.304 e. The molecule has 0 bridgehead atoms. The van der Waals surface area contributed by atoms with Gasteiger partial charge in [-0.05, 0) is 24.6 Å². The number of hydrogen-bond acceptors (Lipinski definition) is 3. The molecule has 1 aromatic carbocycles. The Labute approximate surface area is 122 Å². The summed E-state index contributed by atoms with van der Waals surface area (Å²) in [6.45, 7) is 2.95. The van der Waals surface area contributed by atoms with Crippen LogP contribution in [0.5, 0.6) is 0 Å². The average Bonchev–Trinajstić information content (AvgIpc) is 2.78. The van der Waals surface area contributed by atoms with Crippen LogP contribution in [0.25, 0.3) is 0 Å². The van der Waals surface area contributed by atoms with Crippen molar-refractivity contribution in [3.05, 3.63) is 49.3 Å². The van der Waals surface area contributed by atoms with E-state index in [4.69, 9.17) is 0 Å². The van der Waals surface area contributed by atoms with Crippen molar-refractivity contribution in [2.24, 2.45) is 0 Å². The molecule has 0 amide bonds. The molecule has 1 atom stereocenters. The number of rotatable bonds is 4. The van der Waals surface area contributed by atoms with E-state index in [1.165, 1.54) is 5.56 Å². The molecule has 1 unspecified atom stereocenters. The maximum atomic E-state index is 4.26. The highest BCUT2D eigenvalue weighted by Crippen LogP contribution is 2.26. The molecule has 0 saturated heterocycles. The normalized spacial score (nSPS) is 12.6. The van der Waals surface area contributed by atoms with Crippen molar-refractivity contribution in [2.45, 2.75) is 19.5 Å². The van der Waals surface area contributed by atoms with Gasteiger partial charge in [0, 0.05) is 26.9 Å². The smallest absolute Gasteiger partial charge is 0.0795 e. The Balaban J connectivity index is 2.01. The lowest BCUT2D eigenvalue weighted by molar-refractivity contribution is 0.567. The molecular formula is C12H12Br2N2S. The monoisotopic (exact) mass is 374 g/mol. The summed E-state index contributed by atoms with van der Waals surface area (Å²) in [5.41, 5.74) is 4.20. The molecule has 0 aliphatic rings. The summed E-state index contributed by atoms with van der Waals surface area (Å²) in [5.74, 6) is 0. The van der Waals surface area contributed by atoms with Gasteiger partial charge in [0.15, 0.2) is 0 Å². The molecule has 1 aromatic heterocycles. The Hall–Kier alpha value is -0.230. The zero-order chi connectivity index (χ0) is 12.3. The first-order valence-corrected chi connectivity index (χ1v) is 7.75. The van der Waals surface area contributed by atoms with Gasteiger partial charge in [-0.25, -0.2) is 4.98 Å². The van der Waals surface area contributed by atoms with Crippen molar-refractivity contribution >= 4 is 43.2 Å². The summed E-state index contributed by atoms with van der Waals surface area (Å²) in [7, 11) is 0. The van der Waals surface area contributed by atoms with Gasteiger partial charge < -0.3 is 5.32 Å². The lowest BCUT2D eigenvalue weighted by atomic mass is 10.1. The third-order valence-electron chi connectivity index (χ3n) is 2.50. The molecule has 0 radical (unpaired) electrons. The van der Waals surface area contributed by atoms with Gasteiger partial charge in [-0.2, -0.15) is 0 Å². The Morgan fingerprint density at radius 3 is 2.88 bits per heavy atom. The molecule has 1 N–H and O–H groups in total. The van der Waals surface area contributed by atoms with E-state index in [9.17, 15) is 0 Å². The molecule has 0 aliphatic heterocycles. The topological polar surface area (TPSA) is 24.9 Å². The Morgan fingerprint density at radius 2 is 2.24 bits per heavy atom. The van der Waals surface area contributed by atoms with Gasteiger partial charge in [-0.1, -0.05) is 37.9 Å². The minimum absolute atomic E-state index is 0.291. The van der Waals surface area contributed by atoms with Gasteiger partial charge >= 0.3 is 0 Å². The fraction of sp³-hybridized carbons (Fsp3) is 0.250. The molecule has 0 saturated carbocycles. The Kier molecular flexibility index (Phi) is 4.73. The van der Waals surface area contributed by atoms with Gasteiger partial charge in [-0.15, -0.1) is 11.3 Å². The van der Waals surface area contributed by atoms with Crippen LogP contribution in [-0.4, -0.2) is 4.98 Å². The highest BCUT2D eigenvalue weighted by atomic mass is 79.9. The quantitative estimate of drug-likeness (QED) is 0.849. The van der Waals surface area contributed by atoms with E-state index in [0.717, 1.165) is 21.2 Å². The van der Waals surface area contributed by atoms with Gasteiger partial charge in [0.05, 0.1) is 11.2 Å². The fourth-order valence-corrected chi connectivity index (χ4v) is 3.49. The number of nitrogens with zero attached hydrogens (tertiary/aromatic N) is 1. The Bertz CT molecular complexity index is 485. The van der Waals surface area contributed by atoms with Crippen LogP contribution in [0.3, 0.4) is 0 Å². The fourth-order valence-electron chi connectivity index (χ4n) is 1.55. The lowest BCUT2D eigenvalue weighted by Crippen LogP contribution is -2.18. The van der Waals surface area contributed by atoms with Gasteiger partial charge in [0.25, 0.3) is 0 Å². The van der Waals surface area contributed by atoms with Crippen LogP contribution in [0.2, 0.25) is 0 Å². The predicted molar refractivity (Wildman–Crippen MR) is 79.2 cm³/mol. The largest absolute Gasteiger partial charge is 0.304 e. The van der Waals surface area contributed by atoms with Gasteiger partial charge in [0.1, 0.15) is 0 Å². The molecule has 0 aliphatic carbocycles. The van der Waals surface area contributed by atoms with Gasteiger partial charge in [0.2, 0.25) is 0 Å². The van der Waals surface area contributed by atoms with E-state index in [0.29, 0.717) is 6.04 Å². The molecule has 17 heavy (non-hydrogen) atoms. The molecule has 5 heteroatoms. The minimum atomic E-state index is 0.291. The number of hydrogen-bond donors (Lipinski definition) is 1. The first kappa shape index (κ1) is 13.2. The molecule has 2 aromatic rings. The molecule has 0 fully saturated rings. The van der Waals surface area contributed by atoms with Crippen molar-refractivity contribution in [1.82, 2.24) is 10.3 Å². The van der Waals surface area contributed by atoms with E-state index in [-0.39, 0.29) is 0 Å². The second kappa shape index (κ2) is 6.09. The van der Waals surface area contributed by atoms with Crippen LogP contribution in [-0.2, 0) is 6.54 Å². The molecule has 0 spiro atoms. The molecule has 2 nitrogen and oxygen atoms in total. The van der Waals surface area contributed by atoms with E-state index < -0.39 is 0 Å². The summed E-state index contributed by atoms with van der Waals surface area (Å²) in [6, 6.07) is 6.53. The van der Waals surface area contributed by atoms with E-state index >= 15 is 0 Å². The van der Waals surface area contributed by atoms with E-state index in [1.807, 2.05) is 5.51 Å². The number of halogens is 2. The van der Waals surface area contributed by atoms with Gasteiger partial charge in [-0.3, -0.25) is 0 Å². The van der Waals surface area contributed by atoms with Crippen molar-refractivity contribution in [1.29, 1.82) is 0 Å². The SMILES string of the molecule is CC(NCc1cscn1)c1ccc(Br)cc1Br. The molecule has 90 valence electrons. The third-order valence-corrected chi connectivity index (χ3v) is 4.32. The maximum absolute atomic E-state index is 4.26. The van der Waals surface area contributed by atoms with Crippen LogP contribution in [0.1, 0.15) is 24.2 Å². The molecule has 1 heterocycles. The second-order valence-corrected chi connectivity index (χ2v) is 6.24. The standard InChI is InChI=1S/C12H12Br2N2S/c1-8(15-5-10-6-17-7-16-10)11-3-2-9(13)4-12(11)14/h2-4,6-8,15H,5H2,1H3. The van der Waals surface area contributed by atoms with Crippen molar-refractivity contribution < 1.29 is 0 Å².